The van der Waals surface area contributed by atoms with Gasteiger partial charge in [0, 0.05) is 38.3 Å². The largest absolute Gasteiger partial charge is 0.494 e. The van der Waals surface area contributed by atoms with Gasteiger partial charge in [-0.3, -0.25) is 4.98 Å². The Labute approximate surface area is 161 Å². The van der Waals surface area contributed by atoms with Crippen molar-refractivity contribution in [2.75, 3.05) is 32.2 Å². The molecule has 0 unspecified atom stereocenters. The van der Waals surface area contributed by atoms with Gasteiger partial charge in [-0.2, -0.15) is 0 Å². The van der Waals surface area contributed by atoms with Gasteiger partial charge < -0.3 is 19.7 Å². The fourth-order valence-corrected chi connectivity index (χ4v) is 3.04. The van der Waals surface area contributed by atoms with E-state index in [-0.39, 0.29) is 6.04 Å². The molecule has 1 aromatic heterocycles. The Morgan fingerprint density at radius 1 is 1.19 bits per heavy atom. The van der Waals surface area contributed by atoms with Crippen LogP contribution < -0.4 is 10.1 Å². The molecule has 1 aromatic carbocycles. The molecule has 140 valence electrons. The summed E-state index contributed by atoms with van der Waals surface area (Å²) in [6.07, 6.45) is 4.52. The molecular formula is C20H27N3O2S. The Morgan fingerprint density at radius 3 is 2.50 bits per heavy atom. The maximum absolute atomic E-state index is 5.69. The van der Waals surface area contributed by atoms with E-state index in [1.165, 1.54) is 5.56 Å². The monoisotopic (exact) mass is 373 g/mol. The Hall–Kier alpha value is -2.18. The quantitative estimate of drug-likeness (QED) is 0.523. The van der Waals surface area contributed by atoms with Crippen LogP contribution in [0.2, 0.25) is 0 Å². The normalized spacial score (nSPS) is 11.7. The molecule has 0 spiro atoms. The van der Waals surface area contributed by atoms with Crippen molar-refractivity contribution >= 4 is 23.0 Å². The zero-order chi connectivity index (χ0) is 18.8. The number of thiocarbonyl (C=S) groups is 1. The summed E-state index contributed by atoms with van der Waals surface area (Å²) in [5.41, 5.74) is 2.12. The van der Waals surface area contributed by atoms with Crippen LogP contribution in [0.1, 0.15) is 31.9 Å². The van der Waals surface area contributed by atoms with Crippen molar-refractivity contribution in [1.82, 2.24) is 9.88 Å². The van der Waals surface area contributed by atoms with Gasteiger partial charge in [-0.25, -0.2) is 0 Å². The molecule has 0 aliphatic rings. The van der Waals surface area contributed by atoms with Crippen LogP contribution in [0.4, 0.5) is 5.69 Å². The minimum absolute atomic E-state index is 0.137. The number of nitrogens with zero attached hydrogens (tertiary/aromatic N) is 2. The van der Waals surface area contributed by atoms with Gasteiger partial charge in [0.1, 0.15) is 5.75 Å². The molecule has 0 radical (unpaired) electrons. The topological polar surface area (TPSA) is 46.6 Å². The van der Waals surface area contributed by atoms with E-state index in [4.69, 9.17) is 21.7 Å². The Kier molecular flexibility index (Phi) is 8.31. The molecule has 1 N–H and O–H groups in total. The molecule has 6 heteroatoms. The summed E-state index contributed by atoms with van der Waals surface area (Å²) in [6.45, 7) is 6.28. The van der Waals surface area contributed by atoms with Crippen LogP contribution in [0.3, 0.4) is 0 Å². The second kappa shape index (κ2) is 10.7. The van der Waals surface area contributed by atoms with Gasteiger partial charge in [-0.05, 0) is 74.4 Å². The molecule has 5 nitrogen and oxygen atoms in total. The SMILES string of the molecule is CCOc1ccc(NC(=S)N(CCCOC)[C@H](C)c2ccncc2)cc1. The van der Waals surface area contributed by atoms with Gasteiger partial charge >= 0.3 is 0 Å². The van der Waals surface area contributed by atoms with Crippen LogP contribution in [0, 0.1) is 0 Å². The van der Waals surface area contributed by atoms with Gasteiger partial charge in [0.25, 0.3) is 0 Å². The highest BCUT2D eigenvalue weighted by Crippen LogP contribution is 2.22. The molecule has 0 amide bonds. The fraction of sp³-hybridized carbons (Fsp3) is 0.400. The summed E-state index contributed by atoms with van der Waals surface area (Å²) < 4.78 is 10.7. The molecule has 0 bridgehead atoms. The lowest BCUT2D eigenvalue weighted by molar-refractivity contribution is 0.181. The molecular weight excluding hydrogens is 346 g/mol. The average Bonchev–Trinajstić information content (AvgIpc) is 2.67. The molecule has 0 saturated carbocycles. The van der Waals surface area contributed by atoms with Crippen LogP contribution in [-0.2, 0) is 4.74 Å². The molecule has 0 saturated heterocycles. The summed E-state index contributed by atoms with van der Waals surface area (Å²) in [6, 6.07) is 12.0. The molecule has 1 heterocycles. The van der Waals surface area contributed by atoms with Crippen LogP contribution in [-0.4, -0.2) is 41.9 Å². The minimum Gasteiger partial charge on any atom is -0.494 e. The maximum atomic E-state index is 5.69. The lowest BCUT2D eigenvalue weighted by Gasteiger charge is -2.32. The van der Waals surface area contributed by atoms with Gasteiger partial charge in [0.05, 0.1) is 12.6 Å². The molecule has 0 aliphatic heterocycles. The summed E-state index contributed by atoms with van der Waals surface area (Å²) in [7, 11) is 1.72. The highest BCUT2D eigenvalue weighted by molar-refractivity contribution is 7.80. The van der Waals surface area contributed by atoms with Crippen molar-refractivity contribution in [1.29, 1.82) is 0 Å². The number of ether oxygens (including phenoxy) is 2. The lowest BCUT2D eigenvalue weighted by atomic mass is 10.1. The van der Waals surface area contributed by atoms with E-state index in [2.05, 4.69) is 22.1 Å². The van der Waals surface area contributed by atoms with Gasteiger partial charge in [-0.1, -0.05) is 0 Å². The van der Waals surface area contributed by atoms with E-state index >= 15 is 0 Å². The number of rotatable bonds is 9. The maximum Gasteiger partial charge on any atom is 0.173 e. The number of hydrogen-bond acceptors (Lipinski definition) is 4. The van der Waals surface area contributed by atoms with E-state index in [0.717, 1.165) is 24.4 Å². The van der Waals surface area contributed by atoms with Crippen molar-refractivity contribution in [2.45, 2.75) is 26.3 Å². The summed E-state index contributed by atoms with van der Waals surface area (Å²) in [5.74, 6) is 0.853. The first-order valence-electron chi connectivity index (χ1n) is 8.85. The third-order valence-electron chi connectivity index (χ3n) is 4.08. The molecule has 0 fully saturated rings. The van der Waals surface area contributed by atoms with Crippen LogP contribution in [0.15, 0.2) is 48.8 Å². The summed E-state index contributed by atoms with van der Waals surface area (Å²) >= 11 is 5.69. The number of nitrogens with one attached hydrogen (secondary N) is 1. The Morgan fingerprint density at radius 2 is 1.88 bits per heavy atom. The first-order valence-corrected chi connectivity index (χ1v) is 9.26. The van der Waals surface area contributed by atoms with Gasteiger partial charge in [0.15, 0.2) is 5.11 Å². The van der Waals surface area contributed by atoms with Crippen molar-refractivity contribution < 1.29 is 9.47 Å². The average molecular weight is 374 g/mol. The number of benzene rings is 1. The van der Waals surface area contributed by atoms with E-state index < -0.39 is 0 Å². The fourth-order valence-electron chi connectivity index (χ4n) is 2.67. The standard InChI is InChI=1S/C20H27N3O2S/c1-4-25-19-8-6-18(7-9-19)22-20(26)23(14-5-15-24-3)16(2)17-10-12-21-13-11-17/h6-13,16H,4-5,14-15H2,1-3H3,(H,22,26)/t16-/m1/s1. The zero-order valence-electron chi connectivity index (χ0n) is 15.6. The summed E-state index contributed by atoms with van der Waals surface area (Å²) in [5, 5.41) is 4.02. The van der Waals surface area contributed by atoms with Gasteiger partial charge in [-0.15, -0.1) is 0 Å². The van der Waals surface area contributed by atoms with E-state index in [0.29, 0.717) is 18.3 Å². The van der Waals surface area contributed by atoms with Crippen molar-refractivity contribution in [3.63, 3.8) is 0 Å². The predicted octanol–water partition coefficient (Wildman–Crippen LogP) is 4.28. The molecule has 2 rings (SSSR count). The van der Waals surface area contributed by atoms with Crippen LogP contribution in [0.25, 0.3) is 0 Å². The first kappa shape index (κ1) is 20.1. The Bertz CT molecular complexity index is 665. The molecule has 26 heavy (non-hydrogen) atoms. The zero-order valence-corrected chi connectivity index (χ0v) is 16.5. The van der Waals surface area contributed by atoms with E-state index in [9.17, 15) is 0 Å². The second-order valence-corrected chi connectivity index (χ2v) is 6.27. The highest BCUT2D eigenvalue weighted by atomic mass is 32.1. The van der Waals surface area contributed by atoms with Crippen molar-refractivity contribution in [3.8, 4) is 5.75 Å². The second-order valence-electron chi connectivity index (χ2n) is 5.88. The smallest absolute Gasteiger partial charge is 0.173 e. The van der Waals surface area contributed by atoms with Crippen molar-refractivity contribution in [2.24, 2.45) is 0 Å². The first-order chi connectivity index (χ1) is 12.7. The minimum atomic E-state index is 0.137. The number of aromatic nitrogens is 1. The molecule has 1 atom stereocenters. The van der Waals surface area contributed by atoms with Gasteiger partial charge in [0.2, 0.25) is 0 Å². The molecule has 0 aliphatic carbocycles. The van der Waals surface area contributed by atoms with Crippen molar-refractivity contribution in [3.05, 3.63) is 54.4 Å². The molecule has 2 aromatic rings. The number of anilines is 1. The number of hydrogen-bond donors (Lipinski definition) is 1. The van der Waals surface area contributed by atoms with Crippen LogP contribution in [0.5, 0.6) is 5.75 Å². The third-order valence-corrected chi connectivity index (χ3v) is 4.42. The summed E-state index contributed by atoms with van der Waals surface area (Å²) in [4.78, 5) is 6.28. The van der Waals surface area contributed by atoms with Crippen LogP contribution >= 0.6 is 12.2 Å². The Balaban J connectivity index is 2.08. The number of pyridine rings is 1. The third kappa shape index (κ3) is 5.97. The predicted molar refractivity (Wildman–Crippen MR) is 110 cm³/mol. The van der Waals surface area contributed by atoms with E-state index in [1.807, 2.05) is 55.7 Å². The highest BCUT2D eigenvalue weighted by Gasteiger charge is 2.18. The lowest BCUT2D eigenvalue weighted by Crippen LogP contribution is -2.38. The number of methoxy groups -OCH3 is 1. The van der Waals surface area contributed by atoms with E-state index in [1.54, 1.807) is 7.11 Å².